The van der Waals surface area contributed by atoms with Crippen molar-refractivity contribution in [3.63, 3.8) is 0 Å². The number of carbonyl (C=O) groups is 1. The number of hydrogen-bond donors (Lipinski definition) is 2. The predicted molar refractivity (Wildman–Crippen MR) is 64.7 cm³/mol. The highest BCUT2D eigenvalue weighted by Crippen LogP contribution is 2.28. The third-order valence-corrected chi connectivity index (χ3v) is 2.49. The van der Waals surface area contributed by atoms with E-state index in [1.54, 1.807) is 7.05 Å². The van der Waals surface area contributed by atoms with Gasteiger partial charge in [-0.3, -0.25) is 9.78 Å². The molecule has 1 amide bonds. The molecule has 0 saturated carbocycles. The van der Waals surface area contributed by atoms with E-state index in [0.717, 1.165) is 18.7 Å². The van der Waals surface area contributed by atoms with Crippen LogP contribution in [-0.4, -0.2) is 31.0 Å². The number of rotatable bonds is 5. The van der Waals surface area contributed by atoms with Gasteiger partial charge in [-0.25, -0.2) is 0 Å². The van der Waals surface area contributed by atoms with Gasteiger partial charge in [0.15, 0.2) is 0 Å². The molecule has 0 aliphatic rings. The Labute approximate surface area is 109 Å². The van der Waals surface area contributed by atoms with E-state index >= 15 is 0 Å². The number of alkyl halides is 3. The highest BCUT2D eigenvalue weighted by atomic mass is 19.4. The van der Waals surface area contributed by atoms with Crippen molar-refractivity contribution in [2.24, 2.45) is 5.92 Å². The van der Waals surface area contributed by atoms with Gasteiger partial charge in [0.25, 0.3) is 5.91 Å². The summed E-state index contributed by atoms with van der Waals surface area (Å²) in [5, 5.41) is 5.58. The maximum atomic E-state index is 12.3. The Kier molecular flexibility index (Phi) is 5.29. The van der Waals surface area contributed by atoms with E-state index in [2.05, 4.69) is 15.6 Å². The number of amides is 1. The highest BCUT2D eigenvalue weighted by molar-refractivity contribution is 5.92. The Morgan fingerprint density at radius 3 is 2.53 bits per heavy atom. The van der Waals surface area contributed by atoms with Crippen molar-refractivity contribution < 1.29 is 18.0 Å². The Bertz CT molecular complexity index is 417. The summed E-state index contributed by atoms with van der Waals surface area (Å²) in [5.74, 6) is -0.250. The van der Waals surface area contributed by atoms with Crippen LogP contribution in [0, 0.1) is 5.92 Å². The Balaban J connectivity index is 2.59. The van der Waals surface area contributed by atoms with Gasteiger partial charge in [0.2, 0.25) is 0 Å². The summed E-state index contributed by atoms with van der Waals surface area (Å²) in [4.78, 5) is 15.2. The minimum Gasteiger partial charge on any atom is -0.350 e. The van der Waals surface area contributed by atoms with E-state index in [0.29, 0.717) is 12.7 Å². The minimum absolute atomic E-state index is 0.0235. The third kappa shape index (κ3) is 4.86. The van der Waals surface area contributed by atoms with Gasteiger partial charge in [-0.1, -0.05) is 6.92 Å². The fourth-order valence-corrected chi connectivity index (χ4v) is 1.47. The van der Waals surface area contributed by atoms with Crippen molar-refractivity contribution in [2.75, 3.05) is 20.1 Å². The van der Waals surface area contributed by atoms with Gasteiger partial charge in [0.1, 0.15) is 5.69 Å². The lowest BCUT2D eigenvalue weighted by atomic mass is 10.2. The molecule has 1 aromatic heterocycles. The molecule has 1 rings (SSSR count). The standard InChI is InChI=1S/C12H16F3N3O/c1-8(5-16-2)6-18-11(19)10-4-3-9(7-17-10)12(13,14)15/h3-4,7-8,16H,5-6H2,1-2H3,(H,18,19). The van der Waals surface area contributed by atoms with E-state index in [4.69, 9.17) is 0 Å². The van der Waals surface area contributed by atoms with Crippen LogP contribution in [0.1, 0.15) is 23.0 Å². The molecule has 0 radical (unpaired) electrons. The monoisotopic (exact) mass is 275 g/mol. The normalized spacial score (nSPS) is 13.1. The molecular formula is C12H16F3N3O. The van der Waals surface area contributed by atoms with Crippen LogP contribution in [0.5, 0.6) is 0 Å². The zero-order valence-corrected chi connectivity index (χ0v) is 10.7. The van der Waals surface area contributed by atoms with Crippen molar-refractivity contribution in [1.29, 1.82) is 0 Å². The van der Waals surface area contributed by atoms with Gasteiger partial charge >= 0.3 is 6.18 Å². The summed E-state index contributed by atoms with van der Waals surface area (Å²) < 4.78 is 36.9. The summed E-state index contributed by atoms with van der Waals surface area (Å²) in [6, 6.07) is 1.92. The topological polar surface area (TPSA) is 54.0 Å². The third-order valence-electron chi connectivity index (χ3n) is 2.49. The molecule has 0 aliphatic heterocycles. The van der Waals surface area contributed by atoms with Crippen LogP contribution in [0.2, 0.25) is 0 Å². The van der Waals surface area contributed by atoms with Crippen LogP contribution < -0.4 is 10.6 Å². The van der Waals surface area contributed by atoms with Crippen LogP contribution in [-0.2, 0) is 6.18 Å². The van der Waals surface area contributed by atoms with Crippen molar-refractivity contribution in [2.45, 2.75) is 13.1 Å². The average molecular weight is 275 g/mol. The molecule has 0 saturated heterocycles. The lowest BCUT2D eigenvalue weighted by molar-refractivity contribution is -0.137. The predicted octanol–water partition coefficient (Wildman–Crippen LogP) is 1.69. The first-order valence-electron chi connectivity index (χ1n) is 5.80. The van der Waals surface area contributed by atoms with Gasteiger partial charge < -0.3 is 10.6 Å². The van der Waals surface area contributed by atoms with Crippen LogP contribution in [0.3, 0.4) is 0 Å². The molecule has 0 fully saturated rings. The number of halogens is 3. The van der Waals surface area contributed by atoms with Gasteiger partial charge in [-0.2, -0.15) is 13.2 Å². The maximum Gasteiger partial charge on any atom is 0.417 e. The Hall–Kier alpha value is -1.63. The molecule has 1 aromatic rings. The molecule has 106 valence electrons. The van der Waals surface area contributed by atoms with Crippen molar-refractivity contribution in [3.8, 4) is 0 Å². The lowest BCUT2D eigenvalue weighted by Crippen LogP contribution is -2.32. The van der Waals surface area contributed by atoms with Crippen molar-refractivity contribution >= 4 is 5.91 Å². The van der Waals surface area contributed by atoms with Crippen molar-refractivity contribution in [1.82, 2.24) is 15.6 Å². The lowest BCUT2D eigenvalue weighted by Gasteiger charge is -2.12. The summed E-state index contributed by atoms with van der Waals surface area (Å²) in [6.45, 7) is 3.11. The van der Waals surface area contributed by atoms with Crippen LogP contribution >= 0.6 is 0 Å². The summed E-state index contributed by atoms with van der Waals surface area (Å²) >= 11 is 0. The Morgan fingerprint density at radius 1 is 1.37 bits per heavy atom. The van der Waals surface area contributed by atoms with E-state index in [9.17, 15) is 18.0 Å². The minimum atomic E-state index is -4.44. The zero-order valence-electron chi connectivity index (χ0n) is 10.7. The zero-order chi connectivity index (χ0) is 14.5. The molecule has 7 heteroatoms. The number of hydrogen-bond acceptors (Lipinski definition) is 3. The maximum absolute atomic E-state index is 12.3. The first-order chi connectivity index (χ1) is 8.84. The SMILES string of the molecule is CNCC(C)CNC(=O)c1ccc(C(F)(F)F)cn1. The summed E-state index contributed by atoms with van der Waals surface area (Å²) in [7, 11) is 1.80. The molecule has 0 aromatic carbocycles. The van der Waals surface area contributed by atoms with E-state index < -0.39 is 17.6 Å². The van der Waals surface area contributed by atoms with E-state index in [-0.39, 0.29) is 11.6 Å². The fraction of sp³-hybridized carbons (Fsp3) is 0.500. The number of pyridine rings is 1. The summed E-state index contributed by atoms with van der Waals surface area (Å²) in [6.07, 6.45) is -3.78. The second-order valence-electron chi connectivity index (χ2n) is 4.30. The number of aromatic nitrogens is 1. The molecule has 1 unspecified atom stereocenters. The quantitative estimate of drug-likeness (QED) is 0.859. The fourth-order valence-electron chi connectivity index (χ4n) is 1.47. The largest absolute Gasteiger partial charge is 0.417 e. The molecule has 2 N–H and O–H groups in total. The van der Waals surface area contributed by atoms with Crippen molar-refractivity contribution in [3.05, 3.63) is 29.6 Å². The molecule has 19 heavy (non-hydrogen) atoms. The molecule has 4 nitrogen and oxygen atoms in total. The van der Waals surface area contributed by atoms with Gasteiger partial charge in [0.05, 0.1) is 5.56 Å². The van der Waals surface area contributed by atoms with Gasteiger partial charge in [-0.05, 0) is 31.6 Å². The first-order valence-corrected chi connectivity index (χ1v) is 5.80. The molecule has 1 atom stereocenters. The molecule has 0 aliphatic carbocycles. The molecular weight excluding hydrogens is 259 g/mol. The van der Waals surface area contributed by atoms with Crippen LogP contribution in [0.15, 0.2) is 18.3 Å². The number of nitrogens with zero attached hydrogens (tertiary/aromatic N) is 1. The highest BCUT2D eigenvalue weighted by Gasteiger charge is 2.30. The summed E-state index contributed by atoms with van der Waals surface area (Å²) in [5.41, 5.74) is -0.891. The number of nitrogens with one attached hydrogen (secondary N) is 2. The van der Waals surface area contributed by atoms with Gasteiger partial charge in [0, 0.05) is 12.7 Å². The second kappa shape index (κ2) is 6.51. The van der Waals surface area contributed by atoms with Gasteiger partial charge in [-0.15, -0.1) is 0 Å². The van der Waals surface area contributed by atoms with Crippen LogP contribution in [0.4, 0.5) is 13.2 Å². The molecule has 0 spiro atoms. The average Bonchev–Trinajstić information content (AvgIpc) is 2.35. The molecule has 0 bridgehead atoms. The smallest absolute Gasteiger partial charge is 0.350 e. The van der Waals surface area contributed by atoms with E-state index in [1.807, 2.05) is 6.92 Å². The van der Waals surface area contributed by atoms with E-state index in [1.165, 1.54) is 0 Å². The number of carbonyl (C=O) groups excluding carboxylic acids is 1. The van der Waals surface area contributed by atoms with Crippen LogP contribution in [0.25, 0.3) is 0 Å². The Morgan fingerprint density at radius 2 is 2.05 bits per heavy atom. The first kappa shape index (κ1) is 15.4. The molecule has 1 heterocycles. The second-order valence-corrected chi connectivity index (χ2v) is 4.30.